The number of halogens is 4. The Bertz CT molecular complexity index is 1990. The summed E-state index contributed by atoms with van der Waals surface area (Å²) in [6, 6.07) is 21.9. The van der Waals surface area contributed by atoms with Crippen molar-refractivity contribution in [2.45, 2.75) is 67.2 Å². The summed E-state index contributed by atoms with van der Waals surface area (Å²) in [5, 5.41) is 8.14. The molecule has 250 valence electrons. The van der Waals surface area contributed by atoms with E-state index in [1.54, 1.807) is 27.7 Å². The van der Waals surface area contributed by atoms with Gasteiger partial charge in [-0.15, -0.1) is 22.7 Å². The van der Waals surface area contributed by atoms with E-state index in [1.165, 1.54) is 32.3 Å². The SMILES string of the molecule is CC.CC.Cc1sc2c(c1C)C(=O)C(F)(F)C2=O.Cc1sc2c(c1C)C(=O)C(F)(F)C2=O.c1cc2ccc3cccc4ccc(c1)c2c34. The maximum atomic E-state index is 13.0. The Morgan fingerprint density at radius 2 is 0.729 bits per heavy atom. The van der Waals surface area contributed by atoms with Gasteiger partial charge in [0, 0.05) is 20.9 Å². The van der Waals surface area contributed by atoms with Gasteiger partial charge in [-0.3, -0.25) is 19.2 Å². The molecule has 4 nitrogen and oxygen atoms in total. The van der Waals surface area contributed by atoms with Crippen LogP contribution in [0, 0.1) is 27.7 Å². The summed E-state index contributed by atoms with van der Waals surface area (Å²) < 4.78 is 51.9. The zero-order valence-electron chi connectivity index (χ0n) is 27.7. The molecule has 0 spiro atoms. The molecule has 0 N–H and O–H groups in total. The number of hydrogen-bond acceptors (Lipinski definition) is 6. The molecule has 0 bridgehead atoms. The molecule has 8 rings (SSSR count). The van der Waals surface area contributed by atoms with Crippen molar-refractivity contribution in [3.8, 4) is 0 Å². The molecule has 0 radical (unpaired) electrons. The molecule has 0 aliphatic heterocycles. The maximum absolute atomic E-state index is 13.0. The quantitative estimate of drug-likeness (QED) is 0.0902. The van der Waals surface area contributed by atoms with Crippen LogP contribution in [-0.2, 0) is 0 Å². The van der Waals surface area contributed by atoms with E-state index in [4.69, 9.17) is 0 Å². The molecule has 4 aromatic carbocycles. The van der Waals surface area contributed by atoms with Crippen molar-refractivity contribution >= 4 is 78.1 Å². The topological polar surface area (TPSA) is 68.3 Å². The molecule has 0 atom stereocenters. The van der Waals surface area contributed by atoms with Gasteiger partial charge in [-0.1, -0.05) is 88.4 Å². The molecule has 6 aromatic rings. The Hall–Kier alpha value is -4.28. The highest BCUT2D eigenvalue weighted by atomic mass is 32.1. The first-order valence-corrected chi connectivity index (χ1v) is 17.1. The van der Waals surface area contributed by atoms with Crippen LogP contribution in [0.15, 0.2) is 60.7 Å². The predicted octanol–water partition coefficient (Wildman–Crippen LogP) is 11.4. The number of fused-ring (bicyclic) bond motifs is 2. The number of alkyl halides is 4. The number of carbonyl (C=O) groups is 4. The number of carbonyl (C=O) groups excluding carboxylic acids is 4. The second-order valence-electron chi connectivity index (χ2n) is 10.7. The van der Waals surface area contributed by atoms with Gasteiger partial charge in [0.2, 0.25) is 11.6 Å². The number of rotatable bonds is 0. The highest BCUT2D eigenvalue weighted by molar-refractivity contribution is 7.15. The molecule has 0 fully saturated rings. The van der Waals surface area contributed by atoms with Crippen LogP contribution in [0.5, 0.6) is 0 Å². The average molecular weight is 695 g/mol. The molecule has 2 heterocycles. The summed E-state index contributed by atoms with van der Waals surface area (Å²) in [5.74, 6) is -13.1. The van der Waals surface area contributed by atoms with Gasteiger partial charge in [-0.2, -0.15) is 17.6 Å². The van der Waals surface area contributed by atoms with Crippen LogP contribution < -0.4 is 0 Å². The zero-order chi connectivity index (χ0) is 35.9. The van der Waals surface area contributed by atoms with Crippen molar-refractivity contribution in [2.24, 2.45) is 0 Å². The number of thiophene rings is 2. The summed E-state index contributed by atoms with van der Waals surface area (Å²) in [6.45, 7) is 14.6. The van der Waals surface area contributed by atoms with Gasteiger partial charge in [-0.25, -0.2) is 0 Å². The first kappa shape index (κ1) is 36.6. The molecule has 0 unspecified atom stereocenters. The minimum atomic E-state index is -3.83. The van der Waals surface area contributed by atoms with Crippen molar-refractivity contribution in [3.63, 3.8) is 0 Å². The highest BCUT2D eigenvalue weighted by Gasteiger charge is 2.58. The molecule has 2 aliphatic carbocycles. The molecular weight excluding hydrogens is 661 g/mol. The van der Waals surface area contributed by atoms with Crippen molar-refractivity contribution in [3.05, 3.63) is 102 Å². The van der Waals surface area contributed by atoms with E-state index in [1.807, 2.05) is 27.7 Å². The van der Waals surface area contributed by atoms with E-state index < -0.39 is 35.0 Å². The first-order chi connectivity index (χ1) is 22.7. The second kappa shape index (κ2) is 13.7. The minimum absolute atomic E-state index is 0.0810. The summed E-state index contributed by atoms with van der Waals surface area (Å²) in [7, 11) is 0. The molecule has 0 saturated carbocycles. The monoisotopic (exact) mass is 694 g/mol. The van der Waals surface area contributed by atoms with Crippen molar-refractivity contribution in [1.29, 1.82) is 0 Å². The third-order valence-electron chi connectivity index (χ3n) is 8.17. The van der Waals surface area contributed by atoms with E-state index in [0.29, 0.717) is 11.1 Å². The highest BCUT2D eigenvalue weighted by Crippen LogP contribution is 2.42. The van der Waals surface area contributed by atoms with Crippen LogP contribution in [0.25, 0.3) is 32.3 Å². The summed E-state index contributed by atoms with van der Waals surface area (Å²) in [5.41, 5.74) is 0.839. The van der Waals surface area contributed by atoms with E-state index in [-0.39, 0.29) is 20.9 Å². The fourth-order valence-electron chi connectivity index (χ4n) is 5.60. The summed E-state index contributed by atoms with van der Waals surface area (Å²) >= 11 is 1.93. The lowest BCUT2D eigenvalue weighted by molar-refractivity contribution is 0.0187. The van der Waals surface area contributed by atoms with Gasteiger partial charge in [0.05, 0.1) is 9.75 Å². The smallest absolute Gasteiger partial charge is 0.287 e. The number of ketones is 4. The normalized spacial score (nSPS) is 15.2. The van der Waals surface area contributed by atoms with E-state index in [2.05, 4.69) is 60.7 Å². The summed E-state index contributed by atoms with van der Waals surface area (Å²) in [4.78, 5) is 46.0. The van der Waals surface area contributed by atoms with Crippen molar-refractivity contribution in [2.75, 3.05) is 0 Å². The molecular formula is C38H34F4O4S2. The van der Waals surface area contributed by atoms with Crippen LogP contribution in [0.3, 0.4) is 0 Å². The van der Waals surface area contributed by atoms with E-state index >= 15 is 0 Å². The standard InChI is InChI=1S/C16H10.2C9H6F2O2S.2C2H6/c1-3-11-7-9-13-5-2-6-14-10-8-12(4-1)15(11)16(13)14;2*1-3-4(2)14-6-5(3)7(12)9(10,11)8(6)13;2*1-2/h1-10H;2*1-2H3;2*1-2H3. The lowest BCUT2D eigenvalue weighted by Crippen LogP contribution is -2.30. The maximum Gasteiger partial charge on any atom is 0.372 e. The van der Waals surface area contributed by atoms with Crippen LogP contribution in [0.4, 0.5) is 17.6 Å². The van der Waals surface area contributed by atoms with Gasteiger partial charge in [0.15, 0.2) is 0 Å². The third kappa shape index (κ3) is 5.75. The Balaban J connectivity index is 0.000000155. The first-order valence-electron chi connectivity index (χ1n) is 15.4. The minimum Gasteiger partial charge on any atom is -0.287 e. The average Bonchev–Trinajstić information content (AvgIpc) is 3.67. The Kier molecular flexibility index (Phi) is 10.4. The molecule has 0 amide bonds. The van der Waals surface area contributed by atoms with Gasteiger partial charge in [0.1, 0.15) is 0 Å². The van der Waals surface area contributed by atoms with E-state index in [0.717, 1.165) is 32.4 Å². The van der Waals surface area contributed by atoms with Gasteiger partial charge in [0.25, 0.3) is 11.6 Å². The van der Waals surface area contributed by atoms with Crippen LogP contribution in [0.2, 0.25) is 0 Å². The van der Waals surface area contributed by atoms with Crippen LogP contribution in [-0.4, -0.2) is 35.0 Å². The predicted molar refractivity (Wildman–Crippen MR) is 188 cm³/mol. The molecule has 0 saturated heterocycles. The Morgan fingerprint density at radius 1 is 0.458 bits per heavy atom. The Labute approximate surface area is 283 Å². The lowest BCUT2D eigenvalue weighted by atomic mass is 9.95. The fourth-order valence-corrected chi connectivity index (χ4v) is 7.86. The number of Topliss-reactive ketones (excluding diaryl/α,β-unsaturated/α-hetero) is 4. The molecule has 48 heavy (non-hydrogen) atoms. The molecule has 2 aliphatic rings. The second-order valence-corrected chi connectivity index (χ2v) is 13.2. The molecule has 2 aromatic heterocycles. The van der Waals surface area contributed by atoms with Crippen LogP contribution >= 0.6 is 22.7 Å². The number of aryl methyl sites for hydroxylation is 2. The number of hydrogen-bond donors (Lipinski definition) is 0. The van der Waals surface area contributed by atoms with E-state index in [9.17, 15) is 36.7 Å². The molecule has 10 heteroatoms. The van der Waals surface area contributed by atoms with Gasteiger partial charge < -0.3 is 0 Å². The Morgan fingerprint density at radius 3 is 0.979 bits per heavy atom. The zero-order valence-corrected chi connectivity index (χ0v) is 29.4. The van der Waals surface area contributed by atoms with Crippen molar-refractivity contribution < 1.29 is 36.7 Å². The van der Waals surface area contributed by atoms with Crippen molar-refractivity contribution in [1.82, 2.24) is 0 Å². The third-order valence-corrected chi connectivity index (χ3v) is 10.6. The van der Waals surface area contributed by atoms with Gasteiger partial charge >= 0.3 is 11.8 Å². The van der Waals surface area contributed by atoms with Gasteiger partial charge in [-0.05, 0) is 71.1 Å². The fraction of sp³-hybridized carbons (Fsp3) is 0.263. The summed E-state index contributed by atoms with van der Waals surface area (Å²) in [6.07, 6.45) is 0. The largest absolute Gasteiger partial charge is 0.372 e. The lowest BCUT2D eigenvalue weighted by Gasteiger charge is -2.09. The van der Waals surface area contributed by atoms with Crippen LogP contribution in [0.1, 0.15) is 88.6 Å². The number of benzene rings is 4.